The molecule has 3 rings (SSSR count). The van der Waals surface area contributed by atoms with Crippen LogP contribution in [0, 0.1) is 0 Å². The van der Waals surface area contributed by atoms with Crippen LogP contribution < -0.4 is 24.6 Å². The fourth-order valence-corrected chi connectivity index (χ4v) is 3.38. The van der Waals surface area contributed by atoms with E-state index in [1.165, 1.54) is 29.5 Å². The first-order chi connectivity index (χ1) is 14.4. The minimum Gasteiger partial charge on any atom is -0.493 e. The molecule has 0 spiro atoms. The van der Waals surface area contributed by atoms with Crippen molar-refractivity contribution in [1.82, 2.24) is 14.7 Å². The van der Waals surface area contributed by atoms with E-state index in [1.54, 1.807) is 18.2 Å². The highest BCUT2D eigenvalue weighted by Crippen LogP contribution is 2.36. The van der Waals surface area contributed by atoms with Gasteiger partial charge in [0.25, 0.3) is 5.88 Å². The van der Waals surface area contributed by atoms with Gasteiger partial charge in [-0.2, -0.15) is 0 Å². The summed E-state index contributed by atoms with van der Waals surface area (Å²) in [5, 5.41) is 8.92. The van der Waals surface area contributed by atoms with Crippen molar-refractivity contribution in [1.29, 1.82) is 0 Å². The van der Waals surface area contributed by atoms with Gasteiger partial charge in [-0.1, -0.05) is 30.0 Å². The Morgan fingerprint density at radius 2 is 1.97 bits per heavy atom. The van der Waals surface area contributed by atoms with Gasteiger partial charge in [0.05, 0.1) is 19.2 Å². The zero-order valence-electron chi connectivity index (χ0n) is 17.4. The van der Waals surface area contributed by atoms with Gasteiger partial charge in [-0.15, -0.1) is 4.68 Å². The summed E-state index contributed by atoms with van der Waals surface area (Å²) in [7, 11) is 2.96. The Balaban J connectivity index is 1.89. The fraction of sp³-hybridized carbons (Fsp3) is 0.400. The van der Waals surface area contributed by atoms with E-state index >= 15 is 0 Å². The number of benzene rings is 1. The zero-order valence-corrected chi connectivity index (χ0v) is 18.1. The molecule has 0 aliphatic rings. The van der Waals surface area contributed by atoms with Crippen LogP contribution in [0.3, 0.4) is 0 Å². The minimum absolute atomic E-state index is 0.0546. The van der Waals surface area contributed by atoms with Crippen LogP contribution >= 0.6 is 11.6 Å². The molecule has 0 aliphatic heterocycles. The van der Waals surface area contributed by atoms with Gasteiger partial charge in [-0.25, -0.2) is 0 Å². The summed E-state index contributed by atoms with van der Waals surface area (Å²) < 4.78 is 19.3. The third kappa shape index (κ3) is 4.25. The summed E-state index contributed by atoms with van der Waals surface area (Å²) in [6, 6.07) is 6.62. The molecule has 2 N–H and O–H groups in total. The first-order valence-electron chi connectivity index (χ1n) is 9.58. The number of ketones is 1. The number of nitrogen functional groups attached to an aromatic ring is 1. The Morgan fingerprint density at radius 1 is 1.23 bits per heavy atom. The van der Waals surface area contributed by atoms with E-state index in [9.17, 15) is 4.79 Å². The molecule has 0 amide bonds. The highest BCUT2D eigenvalue weighted by molar-refractivity contribution is 6.32. The van der Waals surface area contributed by atoms with E-state index in [4.69, 9.17) is 31.5 Å². The number of fused-ring (bicyclic) bond motifs is 1. The maximum Gasteiger partial charge on any atom is 0.355 e. The van der Waals surface area contributed by atoms with Crippen LogP contribution in [0.5, 0.6) is 17.4 Å². The Bertz CT molecular complexity index is 1070. The van der Waals surface area contributed by atoms with E-state index in [-0.39, 0.29) is 29.4 Å². The second-order valence-electron chi connectivity index (χ2n) is 6.63. The number of rotatable bonds is 9. The number of nitrogens with two attached hydrogens (primary N) is 1. The van der Waals surface area contributed by atoms with Crippen LogP contribution in [-0.2, 0) is 6.54 Å². The Kier molecular flexibility index (Phi) is 6.61. The number of carbonyl (C=O) groups excluding carboxylic acids is 1. The molecule has 10 heteroatoms. The normalized spacial score (nSPS) is 11.1. The summed E-state index contributed by atoms with van der Waals surface area (Å²) in [5.41, 5.74) is 6.93. The molecule has 0 atom stereocenters. The summed E-state index contributed by atoms with van der Waals surface area (Å²) in [4.78, 5) is 12.9. The van der Waals surface area contributed by atoms with Gasteiger partial charge in [-0.05, 0) is 35.2 Å². The van der Waals surface area contributed by atoms with Gasteiger partial charge in [0.2, 0.25) is 5.78 Å². The number of hydrogen-bond acceptors (Lipinski definition) is 7. The lowest BCUT2D eigenvalue weighted by molar-refractivity contribution is -0.714. The minimum atomic E-state index is -0.222. The Hall–Kier alpha value is -3.07. The average Bonchev–Trinajstić information content (AvgIpc) is 3.05. The molecule has 0 unspecified atom stereocenters. The highest BCUT2D eigenvalue weighted by atomic mass is 35.5. The van der Waals surface area contributed by atoms with Crippen molar-refractivity contribution in [3.05, 3.63) is 34.9 Å². The van der Waals surface area contributed by atoms with E-state index in [0.717, 1.165) is 12.8 Å². The molecular formula is C20H25ClN5O4+. The van der Waals surface area contributed by atoms with Gasteiger partial charge < -0.3 is 19.9 Å². The van der Waals surface area contributed by atoms with Gasteiger partial charge in [0.1, 0.15) is 6.10 Å². The molecule has 30 heavy (non-hydrogen) atoms. The molecule has 2 heterocycles. The fourth-order valence-electron chi connectivity index (χ4n) is 3.09. The Morgan fingerprint density at radius 3 is 2.60 bits per heavy atom. The summed E-state index contributed by atoms with van der Waals surface area (Å²) in [5.74, 6) is 1.12. The van der Waals surface area contributed by atoms with Crippen LogP contribution in [0.2, 0.25) is 5.02 Å². The van der Waals surface area contributed by atoms with Crippen LogP contribution in [-0.4, -0.2) is 40.8 Å². The number of anilines is 1. The lowest BCUT2D eigenvalue weighted by Crippen LogP contribution is -2.40. The molecule has 9 nitrogen and oxygen atoms in total. The zero-order chi connectivity index (χ0) is 21.8. The van der Waals surface area contributed by atoms with E-state index in [0.29, 0.717) is 28.6 Å². The second-order valence-corrected chi connectivity index (χ2v) is 7.04. The number of methoxy groups -OCH3 is 2. The monoisotopic (exact) mass is 434 g/mol. The largest absolute Gasteiger partial charge is 0.493 e. The standard InChI is InChI=1S/C20H25ClN5O4/c1-5-13(6-2)30-17-7-8-18-25(24-20(22)26(18)23-17)11-15(27)12-9-14(21)19(29-4)16(10-12)28-3/h7-10,13H,5-6,11H2,1-4H3,(H2,22,24)/q+1. The van der Waals surface area contributed by atoms with Crippen molar-refractivity contribution in [2.75, 3.05) is 20.0 Å². The number of Topliss-reactive ketones (excluding diaryl/α,β-unsaturated/α-hetero) is 1. The highest BCUT2D eigenvalue weighted by Gasteiger charge is 2.24. The van der Waals surface area contributed by atoms with Crippen molar-refractivity contribution >= 4 is 29.0 Å². The summed E-state index contributed by atoms with van der Waals surface area (Å²) >= 11 is 6.21. The van der Waals surface area contributed by atoms with Crippen LogP contribution in [0.4, 0.5) is 5.95 Å². The number of hydrogen-bond donors (Lipinski definition) is 1. The lowest BCUT2D eigenvalue weighted by atomic mass is 10.1. The predicted octanol–water partition coefficient (Wildman–Crippen LogP) is 2.72. The number of carbonyl (C=O) groups is 1. The van der Waals surface area contributed by atoms with Crippen molar-refractivity contribution in [3.8, 4) is 17.4 Å². The molecule has 0 bridgehead atoms. The lowest BCUT2D eigenvalue weighted by Gasteiger charge is -2.13. The van der Waals surface area contributed by atoms with Crippen molar-refractivity contribution < 1.29 is 23.7 Å². The van der Waals surface area contributed by atoms with Gasteiger partial charge >= 0.3 is 11.6 Å². The van der Waals surface area contributed by atoms with Crippen LogP contribution in [0.1, 0.15) is 37.0 Å². The quantitative estimate of drug-likeness (QED) is 0.407. The SMILES string of the molecule is CCC(CC)Oc1ccc2n(n1)c(N)n[n+]2CC(=O)c1cc(Cl)c(OC)c(OC)c1. The third-order valence-corrected chi connectivity index (χ3v) is 5.02. The molecule has 1 aromatic carbocycles. The van der Waals surface area contributed by atoms with E-state index in [2.05, 4.69) is 24.0 Å². The molecule has 0 radical (unpaired) electrons. The van der Waals surface area contributed by atoms with Crippen molar-refractivity contribution in [2.24, 2.45) is 0 Å². The molecule has 160 valence electrons. The first-order valence-corrected chi connectivity index (χ1v) is 9.96. The summed E-state index contributed by atoms with van der Waals surface area (Å²) in [6.45, 7) is 4.05. The smallest absolute Gasteiger partial charge is 0.355 e. The number of nitrogens with zero attached hydrogens (tertiary/aromatic N) is 4. The molecule has 0 fully saturated rings. The third-order valence-electron chi connectivity index (χ3n) is 4.74. The van der Waals surface area contributed by atoms with Crippen LogP contribution in [0.15, 0.2) is 24.3 Å². The van der Waals surface area contributed by atoms with Crippen molar-refractivity contribution in [3.63, 3.8) is 0 Å². The first kappa shape index (κ1) is 21.6. The summed E-state index contributed by atoms with van der Waals surface area (Å²) in [6.07, 6.45) is 1.82. The van der Waals surface area contributed by atoms with Gasteiger partial charge in [-0.3, -0.25) is 4.79 Å². The number of halogens is 1. The molecule has 2 aromatic heterocycles. The second kappa shape index (κ2) is 9.17. The topological polar surface area (TPSA) is 105 Å². The van der Waals surface area contributed by atoms with Gasteiger partial charge in [0.15, 0.2) is 18.0 Å². The molecule has 3 aromatic rings. The molecule has 0 saturated heterocycles. The number of ether oxygens (including phenoxy) is 3. The Labute approximate surface area is 179 Å². The van der Waals surface area contributed by atoms with Crippen LogP contribution in [0.25, 0.3) is 5.65 Å². The van der Waals surface area contributed by atoms with Crippen molar-refractivity contribution in [2.45, 2.75) is 39.3 Å². The molecular weight excluding hydrogens is 410 g/mol. The predicted molar refractivity (Wildman–Crippen MR) is 111 cm³/mol. The molecule has 0 aliphatic carbocycles. The number of aromatic nitrogens is 4. The van der Waals surface area contributed by atoms with E-state index < -0.39 is 0 Å². The van der Waals surface area contributed by atoms with E-state index in [1.807, 2.05) is 0 Å². The maximum atomic E-state index is 12.9. The molecule has 0 saturated carbocycles. The maximum absolute atomic E-state index is 12.9. The average molecular weight is 435 g/mol. The van der Waals surface area contributed by atoms with Gasteiger partial charge in [0, 0.05) is 17.7 Å².